The maximum absolute atomic E-state index is 12.1. The van der Waals surface area contributed by atoms with E-state index in [1.165, 1.54) is 16.3 Å². The average molecular weight is 328 g/mol. The molecular weight excluding hydrogens is 312 g/mol. The van der Waals surface area contributed by atoms with Crippen LogP contribution in [0.15, 0.2) is 46.9 Å². The van der Waals surface area contributed by atoms with Gasteiger partial charge in [0.15, 0.2) is 6.61 Å². The number of rotatable bonds is 4. The van der Waals surface area contributed by atoms with E-state index >= 15 is 0 Å². The van der Waals surface area contributed by atoms with E-state index in [0.717, 1.165) is 16.8 Å². The summed E-state index contributed by atoms with van der Waals surface area (Å²) in [4.78, 5) is 24.6. The molecule has 0 bridgehead atoms. The number of thiophene rings is 1. The van der Waals surface area contributed by atoms with Crippen LogP contribution >= 0.6 is 11.3 Å². The number of aryl methyl sites for hydroxylation is 1. The van der Waals surface area contributed by atoms with Crippen LogP contribution in [0.5, 0.6) is 0 Å². The van der Waals surface area contributed by atoms with Crippen molar-refractivity contribution in [1.82, 2.24) is 5.01 Å². The van der Waals surface area contributed by atoms with Crippen LogP contribution in [-0.4, -0.2) is 35.7 Å². The van der Waals surface area contributed by atoms with E-state index in [4.69, 9.17) is 4.74 Å². The number of hydrazone groups is 1. The Hall–Kier alpha value is -2.47. The van der Waals surface area contributed by atoms with Crippen LogP contribution in [0.2, 0.25) is 0 Å². The van der Waals surface area contributed by atoms with Gasteiger partial charge >= 0.3 is 5.97 Å². The molecule has 0 atom stereocenters. The minimum Gasteiger partial charge on any atom is -0.451 e. The molecule has 1 amide bonds. The highest BCUT2D eigenvalue weighted by Gasteiger charge is 2.23. The number of hydrogen-bond acceptors (Lipinski definition) is 5. The molecule has 2 heterocycles. The summed E-state index contributed by atoms with van der Waals surface area (Å²) in [5.74, 6) is -0.768. The molecule has 1 aliphatic heterocycles. The molecule has 0 unspecified atom stereocenters. The number of esters is 1. The first-order valence-corrected chi connectivity index (χ1v) is 8.17. The maximum atomic E-state index is 12.1. The van der Waals surface area contributed by atoms with Gasteiger partial charge in [-0.2, -0.15) is 5.10 Å². The molecule has 0 saturated carbocycles. The first kappa shape index (κ1) is 15.4. The van der Waals surface area contributed by atoms with E-state index in [9.17, 15) is 9.59 Å². The predicted octanol–water partition coefficient (Wildman–Crippen LogP) is 2.85. The second-order valence-corrected chi connectivity index (χ2v) is 6.10. The van der Waals surface area contributed by atoms with Gasteiger partial charge in [-0.3, -0.25) is 4.79 Å². The van der Waals surface area contributed by atoms with Crippen LogP contribution in [0.4, 0.5) is 0 Å². The Labute approximate surface area is 138 Å². The third-order valence-electron chi connectivity index (χ3n) is 3.57. The van der Waals surface area contributed by atoms with Crippen molar-refractivity contribution in [1.29, 1.82) is 0 Å². The lowest BCUT2D eigenvalue weighted by Gasteiger charge is -2.11. The largest absolute Gasteiger partial charge is 0.451 e. The summed E-state index contributed by atoms with van der Waals surface area (Å²) < 4.78 is 5.09. The molecular formula is C17H16N2O3S. The second kappa shape index (κ2) is 6.75. The molecule has 2 aromatic rings. The molecule has 1 aromatic heterocycles. The van der Waals surface area contributed by atoms with Gasteiger partial charge in [-0.25, -0.2) is 9.80 Å². The van der Waals surface area contributed by atoms with Crippen LogP contribution in [0, 0.1) is 6.92 Å². The van der Waals surface area contributed by atoms with Gasteiger partial charge in [-0.1, -0.05) is 30.3 Å². The fourth-order valence-electron chi connectivity index (χ4n) is 2.32. The van der Waals surface area contributed by atoms with Gasteiger partial charge in [0.1, 0.15) is 4.88 Å². The Bertz CT molecular complexity index is 752. The molecule has 0 fully saturated rings. The summed E-state index contributed by atoms with van der Waals surface area (Å²) >= 11 is 1.31. The molecule has 3 rings (SSSR count). The van der Waals surface area contributed by atoms with Crippen LogP contribution in [0.25, 0.3) is 0 Å². The van der Waals surface area contributed by atoms with Gasteiger partial charge in [0, 0.05) is 6.42 Å². The Kier molecular flexibility index (Phi) is 4.52. The van der Waals surface area contributed by atoms with Crippen molar-refractivity contribution in [2.24, 2.45) is 5.10 Å². The molecule has 1 aromatic carbocycles. The van der Waals surface area contributed by atoms with E-state index < -0.39 is 5.97 Å². The number of carbonyl (C=O) groups excluding carboxylic acids is 2. The van der Waals surface area contributed by atoms with Gasteiger partial charge in [0.25, 0.3) is 5.91 Å². The van der Waals surface area contributed by atoms with Crippen LogP contribution < -0.4 is 0 Å². The minimum absolute atomic E-state index is 0.290. The topological polar surface area (TPSA) is 59.0 Å². The Balaban J connectivity index is 1.58. The summed E-state index contributed by atoms with van der Waals surface area (Å²) in [5.41, 5.74) is 2.74. The Morgan fingerprint density at radius 3 is 2.74 bits per heavy atom. The normalized spacial score (nSPS) is 13.8. The molecule has 1 aliphatic rings. The lowest BCUT2D eigenvalue weighted by molar-refractivity contribution is -0.134. The molecule has 0 aliphatic carbocycles. The first-order chi connectivity index (χ1) is 11.1. The van der Waals surface area contributed by atoms with Crippen molar-refractivity contribution in [3.63, 3.8) is 0 Å². The molecule has 0 radical (unpaired) electrons. The van der Waals surface area contributed by atoms with E-state index in [1.54, 1.807) is 0 Å². The standard InChI is InChI=1S/C17H16N2O3S/c1-12-8-10-23-16(12)17(21)22-11-15(20)19-9-7-14(18-19)13-5-3-2-4-6-13/h2-6,8,10H,7,9,11H2,1H3. The highest BCUT2D eigenvalue weighted by molar-refractivity contribution is 7.12. The Morgan fingerprint density at radius 1 is 1.26 bits per heavy atom. The number of amides is 1. The van der Waals surface area contributed by atoms with Gasteiger partial charge in [0.05, 0.1) is 12.3 Å². The zero-order chi connectivity index (χ0) is 16.2. The molecule has 23 heavy (non-hydrogen) atoms. The molecule has 5 nitrogen and oxygen atoms in total. The summed E-state index contributed by atoms with van der Waals surface area (Å²) in [6, 6.07) is 11.6. The van der Waals surface area contributed by atoms with Crippen molar-refractivity contribution in [3.05, 3.63) is 57.8 Å². The first-order valence-electron chi connectivity index (χ1n) is 7.29. The van der Waals surface area contributed by atoms with Crippen molar-refractivity contribution in [2.75, 3.05) is 13.2 Å². The zero-order valence-corrected chi connectivity index (χ0v) is 13.5. The second-order valence-electron chi connectivity index (χ2n) is 5.19. The quantitative estimate of drug-likeness (QED) is 0.811. The van der Waals surface area contributed by atoms with Crippen LogP contribution in [0.3, 0.4) is 0 Å². The summed E-state index contributed by atoms with van der Waals surface area (Å²) in [7, 11) is 0. The van der Waals surface area contributed by atoms with Crippen molar-refractivity contribution in [3.8, 4) is 0 Å². The number of benzene rings is 1. The Morgan fingerprint density at radius 2 is 2.04 bits per heavy atom. The van der Waals surface area contributed by atoms with Crippen molar-refractivity contribution < 1.29 is 14.3 Å². The van der Waals surface area contributed by atoms with Crippen LogP contribution in [0.1, 0.15) is 27.2 Å². The molecule has 6 heteroatoms. The predicted molar refractivity (Wildman–Crippen MR) is 88.6 cm³/mol. The monoisotopic (exact) mass is 328 g/mol. The van der Waals surface area contributed by atoms with Crippen molar-refractivity contribution in [2.45, 2.75) is 13.3 Å². The fourth-order valence-corrected chi connectivity index (χ4v) is 3.14. The lowest BCUT2D eigenvalue weighted by atomic mass is 10.1. The number of ether oxygens (including phenoxy) is 1. The summed E-state index contributed by atoms with van der Waals surface area (Å²) in [5, 5.41) is 7.52. The highest BCUT2D eigenvalue weighted by Crippen LogP contribution is 2.17. The van der Waals surface area contributed by atoms with Crippen LogP contribution in [-0.2, 0) is 9.53 Å². The zero-order valence-electron chi connectivity index (χ0n) is 12.7. The lowest BCUT2D eigenvalue weighted by Crippen LogP contribution is -2.28. The van der Waals surface area contributed by atoms with Gasteiger partial charge < -0.3 is 4.74 Å². The SMILES string of the molecule is Cc1ccsc1C(=O)OCC(=O)N1CCC(c2ccccc2)=N1. The van der Waals surface area contributed by atoms with Gasteiger partial charge in [-0.15, -0.1) is 11.3 Å². The molecule has 0 saturated heterocycles. The third kappa shape index (κ3) is 3.48. The number of hydrogen-bond donors (Lipinski definition) is 0. The molecule has 0 spiro atoms. The van der Waals surface area contributed by atoms with E-state index in [1.807, 2.05) is 48.7 Å². The third-order valence-corrected chi connectivity index (χ3v) is 4.57. The smallest absolute Gasteiger partial charge is 0.349 e. The molecule has 118 valence electrons. The average Bonchev–Trinajstić information content (AvgIpc) is 3.22. The highest BCUT2D eigenvalue weighted by atomic mass is 32.1. The van der Waals surface area contributed by atoms with Gasteiger partial charge in [0.2, 0.25) is 0 Å². The van der Waals surface area contributed by atoms with E-state index in [2.05, 4.69) is 5.10 Å². The summed E-state index contributed by atoms with van der Waals surface area (Å²) in [6.45, 7) is 2.06. The minimum atomic E-state index is -0.461. The van der Waals surface area contributed by atoms with E-state index in [0.29, 0.717) is 17.8 Å². The molecule has 0 N–H and O–H groups in total. The maximum Gasteiger partial charge on any atom is 0.349 e. The number of nitrogens with zero attached hydrogens (tertiary/aromatic N) is 2. The van der Waals surface area contributed by atoms with Crippen molar-refractivity contribution >= 4 is 28.9 Å². The van der Waals surface area contributed by atoms with Gasteiger partial charge in [-0.05, 0) is 29.5 Å². The summed E-state index contributed by atoms with van der Waals surface area (Å²) in [6.07, 6.45) is 0.702. The fraction of sp³-hybridized carbons (Fsp3) is 0.235. The number of carbonyl (C=O) groups is 2. The van der Waals surface area contributed by atoms with E-state index in [-0.39, 0.29) is 12.5 Å².